The molecule has 142 valence electrons. The number of likely N-dealkylation sites (tertiary alicyclic amines) is 1. The van der Waals surface area contributed by atoms with Gasteiger partial charge in [-0.25, -0.2) is 4.98 Å². The van der Waals surface area contributed by atoms with Gasteiger partial charge in [-0.3, -0.25) is 4.79 Å². The predicted molar refractivity (Wildman–Crippen MR) is 103 cm³/mol. The summed E-state index contributed by atoms with van der Waals surface area (Å²) in [4.78, 5) is 19.3. The summed E-state index contributed by atoms with van der Waals surface area (Å²) in [7, 11) is 1.75. The molecule has 3 atom stereocenters. The highest BCUT2D eigenvalue weighted by Crippen LogP contribution is 2.43. The SMILES string of the molecule is CO[C@@]12CC[C@H](Oc3ccccn3)C[C@@H]1N(C(=O)c1ccc(Cl)cc1)CC2. The molecule has 4 rings (SSSR count). The summed E-state index contributed by atoms with van der Waals surface area (Å²) >= 11 is 5.96. The summed E-state index contributed by atoms with van der Waals surface area (Å²) in [5.74, 6) is 0.648. The van der Waals surface area contributed by atoms with Crippen LogP contribution in [0.1, 0.15) is 36.0 Å². The van der Waals surface area contributed by atoms with Crippen LogP contribution < -0.4 is 4.74 Å². The van der Waals surface area contributed by atoms with Gasteiger partial charge in [-0.2, -0.15) is 0 Å². The minimum atomic E-state index is -0.286. The topological polar surface area (TPSA) is 51.7 Å². The fraction of sp³-hybridized carbons (Fsp3) is 0.429. The van der Waals surface area contributed by atoms with Gasteiger partial charge in [-0.1, -0.05) is 17.7 Å². The number of fused-ring (bicyclic) bond motifs is 1. The van der Waals surface area contributed by atoms with Gasteiger partial charge in [0.25, 0.3) is 5.91 Å². The molecule has 1 aliphatic heterocycles. The molecule has 1 amide bonds. The van der Waals surface area contributed by atoms with Crippen molar-refractivity contribution in [2.75, 3.05) is 13.7 Å². The van der Waals surface area contributed by atoms with Gasteiger partial charge < -0.3 is 14.4 Å². The second-order valence-corrected chi connectivity index (χ2v) is 7.66. The van der Waals surface area contributed by atoms with Crippen molar-refractivity contribution < 1.29 is 14.3 Å². The van der Waals surface area contributed by atoms with E-state index >= 15 is 0 Å². The number of ether oxygens (including phenoxy) is 2. The van der Waals surface area contributed by atoms with E-state index in [1.807, 2.05) is 23.1 Å². The molecular formula is C21H23ClN2O3. The van der Waals surface area contributed by atoms with Crippen LogP contribution in [0.4, 0.5) is 0 Å². The minimum absolute atomic E-state index is 0.00635. The van der Waals surface area contributed by atoms with Crippen LogP contribution in [0.15, 0.2) is 48.7 Å². The zero-order chi connectivity index (χ0) is 18.9. The highest BCUT2D eigenvalue weighted by atomic mass is 35.5. The Balaban J connectivity index is 1.54. The molecule has 0 bridgehead atoms. The van der Waals surface area contributed by atoms with E-state index in [9.17, 15) is 4.79 Å². The Morgan fingerprint density at radius 3 is 2.74 bits per heavy atom. The largest absolute Gasteiger partial charge is 0.474 e. The summed E-state index contributed by atoms with van der Waals surface area (Å²) in [6.07, 6.45) is 5.10. The Morgan fingerprint density at radius 2 is 2.04 bits per heavy atom. The zero-order valence-electron chi connectivity index (χ0n) is 15.3. The lowest BCUT2D eigenvalue weighted by atomic mass is 9.79. The van der Waals surface area contributed by atoms with Crippen LogP contribution in [0.25, 0.3) is 0 Å². The van der Waals surface area contributed by atoms with E-state index in [1.54, 1.807) is 37.6 Å². The van der Waals surface area contributed by atoms with E-state index < -0.39 is 0 Å². The van der Waals surface area contributed by atoms with Gasteiger partial charge in [-0.05, 0) is 49.6 Å². The lowest BCUT2D eigenvalue weighted by Crippen LogP contribution is -2.53. The molecule has 0 radical (unpaired) electrons. The molecular weight excluding hydrogens is 364 g/mol. The van der Waals surface area contributed by atoms with Gasteiger partial charge in [-0.15, -0.1) is 0 Å². The summed E-state index contributed by atoms with van der Waals surface area (Å²) in [6, 6.07) is 12.7. The first-order valence-electron chi connectivity index (χ1n) is 9.31. The Labute approximate surface area is 164 Å². The second-order valence-electron chi connectivity index (χ2n) is 7.22. The number of pyridine rings is 1. The Bertz CT molecular complexity index is 799. The van der Waals surface area contributed by atoms with Crippen LogP contribution in [-0.4, -0.2) is 47.2 Å². The third-order valence-electron chi connectivity index (χ3n) is 5.82. The summed E-state index contributed by atoms with van der Waals surface area (Å²) in [5.41, 5.74) is 0.366. The molecule has 2 fully saturated rings. The van der Waals surface area contributed by atoms with Crippen molar-refractivity contribution in [3.63, 3.8) is 0 Å². The normalized spacial score (nSPS) is 27.3. The van der Waals surface area contributed by atoms with Crippen molar-refractivity contribution in [1.82, 2.24) is 9.88 Å². The molecule has 27 heavy (non-hydrogen) atoms. The first-order chi connectivity index (χ1) is 13.1. The van der Waals surface area contributed by atoms with E-state index in [1.165, 1.54) is 0 Å². The molecule has 1 aromatic heterocycles. The van der Waals surface area contributed by atoms with Crippen LogP contribution >= 0.6 is 11.6 Å². The fourth-order valence-electron chi connectivity index (χ4n) is 4.36. The number of halogens is 1. The number of hydrogen-bond acceptors (Lipinski definition) is 4. The molecule has 0 spiro atoms. The van der Waals surface area contributed by atoms with E-state index in [0.717, 1.165) is 25.7 Å². The quantitative estimate of drug-likeness (QED) is 0.797. The lowest BCUT2D eigenvalue weighted by Gasteiger charge is -2.43. The third kappa shape index (κ3) is 3.54. The van der Waals surface area contributed by atoms with Crippen LogP contribution in [0.2, 0.25) is 5.02 Å². The smallest absolute Gasteiger partial charge is 0.254 e. The highest BCUT2D eigenvalue weighted by molar-refractivity contribution is 6.30. The standard InChI is InChI=1S/C21H23ClN2O3/c1-26-21-10-9-17(27-19-4-2-3-12-23-19)14-18(21)24(13-11-21)20(25)15-5-7-16(22)8-6-15/h2-8,12,17-18H,9-11,13-14H2,1H3/t17-,18-,21+/m0/s1. The number of nitrogens with zero attached hydrogens (tertiary/aromatic N) is 2. The predicted octanol–water partition coefficient (Wildman–Crippen LogP) is 3.97. The van der Waals surface area contributed by atoms with Crippen molar-refractivity contribution in [3.8, 4) is 5.88 Å². The van der Waals surface area contributed by atoms with E-state index in [2.05, 4.69) is 4.98 Å². The molecule has 5 nitrogen and oxygen atoms in total. The molecule has 6 heteroatoms. The molecule has 0 N–H and O–H groups in total. The Kier molecular flexibility index (Phi) is 5.06. The minimum Gasteiger partial charge on any atom is -0.474 e. The molecule has 1 aromatic carbocycles. The number of aromatic nitrogens is 1. The third-order valence-corrected chi connectivity index (χ3v) is 6.07. The van der Waals surface area contributed by atoms with Crippen molar-refractivity contribution in [2.24, 2.45) is 0 Å². The van der Waals surface area contributed by atoms with Gasteiger partial charge in [0, 0.05) is 42.9 Å². The van der Waals surface area contributed by atoms with Crippen LogP contribution in [0, 0.1) is 0 Å². The van der Waals surface area contributed by atoms with Crippen LogP contribution in [-0.2, 0) is 4.74 Å². The number of benzene rings is 1. The fourth-order valence-corrected chi connectivity index (χ4v) is 4.48. The molecule has 0 unspecified atom stereocenters. The van der Waals surface area contributed by atoms with Crippen molar-refractivity contribution in [3.05, 3.63) is 59.2 Å². The number of carbonyl (C=O) groups excluding carboxylic acids is 1. The van der Waals surface area contributed by atoms with Gasteiger partial charge in [0.05, 0.1) is 11.6 Å². The number of hydrogen-bond donors (Lipinski definition) is 0. The summed E-state index contributed by atoms with van der Waals surface area (Å²) in [5, 5.41) is 0.626. The van der Waals surface area contributed by atoms with Crippen LogP contribution in [0.3, 0.4) is 0 Å². The molecule has 1 aliphatic carbocycles. The molecule has 1 saturated heterocycles. The first kappa shape index (κ1) is 18.3. The van der Waals surface area contributed by atoms with E-state index in [-0.39, 0.29) is 23.7 Å². The maximum absolute atomic E-state index is 13.1. The van der Waals surface area contributed by atoms with Crippen LogP contribution in [0.5, 0.6) is 5.88 Å². The lowest BCUT2D eigenvalue weighted by molar-refractivity contribution is -0.0788. The average Bonchev–Trinajstić information content (AvgIpc) is 3.08. The number of carbonyl (C=O) groups is 1. The highest BCUT2D eigenvalue weighted by Gasteiger charge is 2.53. The molecule has 2 heterocycles. The molecule has 2 aromatic rings. The molecule has 1 saturated carbocycles. The summed E-state index contributed by atoms with van der Waals surface area (Å²) < 4.78 is 12.0. The summed E-state index contributed by atoms with van der Waals surface area (Å²) in [6.45, 7) is 0.691. The second kappa shape index (κ2) is 7.49. The first-order valence-corrected chi connectivity index (χ1v) is 9.68. The van der Waals surface area contributed by atoms with E-state index in [4.69, 9.17) is 21.1 Å². The van der Waals surface area contributed by atoms with Gasteiger partial charge in [0.2, 0.25) is 5.88 Å². The maximum atomic E-state index is 13.1. The van der Waals surface area contributed by atoms with Gasteiger partial charge in [0.1, 0.15) is 6.10 Å². The zero-order valence-corrected chi connectivity index (χ0v) is 16.1. The monoisotopic (exact) mass is 386 g/mol. The number of rotatable bonds is 4. The maximum Gasteiger partial charge on any atom is 0.254 e. The van der Waals surface area contributed by atoms with Gasteiger partial charge in [0.15, 0.2) is 0 Å². The van der Waals surface area contributed by atoms with E-state index in [0.29, 0.717) is 23.0 Å². The number of amides is 1. The Hall–Kier alpha value is -2.11. The van der Waals surface area contributed by atoms with Gasteiger partial charge >= 0.3 is 0 Å². The Morgan fingerprint density at radius 1 is 1.22 bits per heavy atom. The van der Waals surface area contributed by atoms with Crippen molar-refractivity contribution in [2.45, 2.75) is 43.4 Å². The average molecular weight is 387 g/mol. The van der Waals surface area contributed by atoms with Crippen molar-refractivity contribution >= 4 is 17.5 Å². The molecule has 2 aliphatic rings. The van der Waals surface area contributed by atoms with Crippen molar-refractivity contribution in [1.29, 1.82) is 0 Å². The number of methoxy groups -OCH3 is 1.